The average Bonchev–Trinajstić information content (AvgIpc) is 3.09. The maximum Gasteiger partial charge on any atom is 0.104 e. The molecule has 0 bridgehead atoms. The largest absolute Gasteiger partial charge is 0.472 e. The van der Waals surface area contributed by atoms with Gasteiger partial charge in [0, 0.05) is 12.0 Å². The fourth-order valence-electron chi connectivity index (χ4n) is 9.11. The topological polar surface area (TPSA) is 60.9 Å². The van der Waals surface area contributed by atoms with Crippen LogP contribution in [-0.2, 0) is 9.47 Å². The molecule has 4 heteroatoms. The van der Waals surface area contributed by atoms with Crippen molar-refractivity contribution in [2.75, 3.05) is 13.2 Å². The molecular formula is C26H39NO3. The Morgan fingerprint density at radius 3 is 2.80 bits per heavy atom. The number of ether oxygens (including phenoxy) is 2. The molecule has 9 atom stereocenters. The lowest BCUT2D eigenvalue weighted by molar-refractivity contribution is -0.145. The first-order valence-electron chi connectivity index (χ1n) is 12.5. The number of hydrogen-bond donors (Lipinski definition) is 1. The molecular weight excluding hydrogens is 374 g/mol. The molecule has 2 heterocycles. The Hall–Kier alpha value is -0.840. The molecule has 1 aromatic rings. The van der Waals surface area contributed by atoms with Crippen molar-refractivity contribution >= 4 is 0 Å². The maximum atomic E-state index is 6.69. The molecule has 4 saturated carbocycles. The summed E-state index contributed by atoms with van der Waals surface area (Å²) in [7, 11) is 0. The van der Waals surface area contributed by atoms with Gasteiger partial charge in [-0.25, -0.2) is 0 Å². The number of furan rings is 1. The molecule has 6 rings (SSSR count). The molecule has 0 unspecified atom stereocenters. The summed E-state index contributed by atoms with van der Waals surface area (Å²) in [5, 5.41) is 0. The third kappa shape index (κ3) is 2.50. The van der Waals surface area contributed by atoms with Crippen molar-refractivity contribution in [3.05, 3.63) is 24.2 Å². The van der Waals surface area contributed by atoms with Crippen LogP contribution in [0.4, 0.5) is 0 Å². The molecule has 1 aliphatic heterocycles. The number of nitrogens with two attached hydrogens (primary N) is 1. The van der Waals surface area contributed by atoms with E-state index in [1.165, 1.54) is 56.9 Å². The molecule has 0 radical (unpaired) electrons. The predicted molar refractivity (Wildman–Crippen MR) is 116 cm³/mol. The third-order valence-electron chi connectivity index (χ3n) is 10.7. The normalized spacial score (nSPS) is 51.6. The van der Waals surface area contributed by atoms with E-state index in [1.807, 2.05) is 12.5 Å². The molecule has 1 saturated heterocycles. The lowest BCUT2D eigenvalue weighted by Crippen LogP contribution is -2.58. The van der Waals surface area contributed by atoms with Gasteiger partial charge in [-0.1, -0.05) is 13.8 Å². The fourth-order valence-corrected chi connectivity index (χ4v) is 9.11. The van der Waals surface area contributed by atoms with Gasteiger partial charge in [0.25, 0.3) is 0 Å². The van der Waals surface area contributed by atoms with Crippen LogP contribution in [-0.4, -0.2) is 31.0 Å². The van der Waals surface area contributed by atoms with Gasteiger partial charge in [-0.3, -0.25) is 0 Å². The molecule has 5 aliphatic rings. The Morgan fingerprint density at radius 1 is 1.10 bits per heavy atom. The summed E-state index contributed by atoms with van der Waals surface area (Å²) < 4.78 is 18.4. The zero-order chi connectivity index (χ0) is 20.6. The maximum absolute atomic E-state index is 6.69. The molecule has 4 nitrogen and oxygen atoms in total. The number of fused-ring (bicyclic) bond motifs is 3. The van der Waals surface area contributed by atoms with Crippen molar-refractivity contribution < 1.29 is 13.9 Å². The van der Waals surface area contributed by atoms with E-state index in [1.54, 1.807) is 0 Å². The van der Waals surface area contributed by atoms with E-state index < -0.39 is 0 Å². The van der Waals surface area contributed by atoms with Gasteiger partial charge in [-0.15, -0.1) is 0 Å². The summed E-state index contributed by atoms with van der Waals surface area (Å²) in [5.41, 5.74) is 7.94. The van der Waals surface area contributed by atoms with Gasteiger partial charge in [0.05, 0.1) is 24.7 Å². The van der Waals surface area contributed by atoms with E-state index in [9.17, 15) is 0 Å². The van der Waals surface area contributed by atoms with Crippen LogP contribution in [0.25, 0.3) is 0 Å². The van der Waals surface area contributed by atoms with Crippen LogP contribution in [0, 0.1) is 28.6 Å². The van der Waals surface area contributed by atoms with Crippen LogP contribution in [0.2, 0.25) is 0 Å². The van der Waals surface area contributed by atoms with E-state index in [2.05, 4.69) is 19.9 Å². The van der Waals surface area contributed by atoms with Crippen LogP contribution in [0.5, 0.6) is 0 Å². The molecule has 0 aromatic carbocycles. The van der Waals surface area contributed by atoms with Crippen molar-refractivity contribution in [3.63, 3.8) is 0 Å². The Balaban J connectivity index is 1.23. The Bertz CT molecular complexity index is 779. The lowest BCUT2D eigenvalue weighted by Gasteiger charge is -2.61. The minimum Gasteiger partial charge on any atom is -0.472 e. The predicted octanol–water partition coefficient (Wildman–Crippen LogP) is 5.27. The van der Waals surface area contributed by atoms with E-state index in [4.69, 9.17) is 19.6 Å². The second-order valence-corrected chi connectivity index (χ2v) is 11.6. The second-order valence-electron chi connectivity index (χ2n) is 11.6. The molecule has 1 spiro atoms. The van der Waals surface area contributed by atoms with Gasteiger partial charge in [0.2, 0.25) is 0 Å². The van der Waals surface area contributed by atoms with Gasteiger partial charge in [0.15, 0.2) is 0 Å². The number of epoxide rings is 1. The van der Waals surface area contributed by atoms with Gasteiger partial charge in [-0.2, -0.15) is 0 Å². The second kappa shape index (κ2) is 6.83. The van der Waals surface area contributed by atoms with E-state index in [0.29, 0.717) is 23.5 Å². The highest BCUT2D eigenvalue weighted by Gasteiger charge is 2.80. The average molecular weight is 414 g/mol. The fraction of sp³-hybridized carbons (Fsp3) is 0.846. The SMILES string of the molecule is C[C@]12CC[C@H](OCCCN)C[C@H]1CC[C@@H]1[C@@H]2CC[C@]2(C)[C@H](c3ccoc3)C[C@H]3O[C@@]132. The Morgan fingerprint density at radius 2 is 2.00 bits per heavy atom. The summed E-state index contributed by atoms with van der Waals surface area (Å²) in [4.78, 5) is 0. The van der Waals surface area contributed by atoms with Crippen molar-refractivity contribution in [1.29, 1.82) is 0 Å². The summed E-state index contributed by atoms with van der Waals surface area (Å²) >= 11 is 0. The van der Waals surface area contributed by atoms with E-state index in [0.717, 1.165) is 37.3 Å². The van der Waals surface area contributed by atoms with Crippen molar-refractivity contribution in [2.45, 2.75) is 95.4 Å². The molecule has 4 aliphatic carbocycles. The summed E-state index contributed by atoms with van der Waals surface area (Å²) in [6.07, 6.45) is 16.2. The van der Waals surface area contributed by atoms with Crippen molar-refractivity contribution in [1.82, 2.24) is 0 Å². The van der Waals surface area contributed by atoms with Gasteiger partial charge in [-0.05, 0) is 105 Å². The lowest BCUT2D eigenvalue weighted by atomic mass is 9.44. The minimum absolute atomic E-state index is 0.139. The summed E-state index contributed by atoms with van der Waals surface area (Å²) in [6.45, 7) is 6.75. The van der Waals surface area contributed by atoms with Crippen LogP contribution in [0.3, 0.4) is 0 Å². The first-order valence-corrected chi connectivity index (χ1v) is 12.5. The molecule has 0 amide bonds. The van der Waals surface area contributed by atoms with Crippen LogP contribution >= 0.6 is 0 Å². The summed E-state index contributed by atoms with van der Waals surface area (Å²) in [6, 6.07) is 2.20. The molecule has 1 aromatic heterocycles. The third-order valence-corrected chi connectivity index (χ3v) is 10.7. The monoisotopic (exact) mass is 413 g/mol. The van der Waals surface area contributed by atoms with Crippen LogP contribution in [0.1, 0.15) is 83.1 Å². The quantitative estimate of drug-likeness (QED) is 0.527. The standard InChI is InChI=1S/C26H39NO3/c1-24-9-6-19(29-12-3-11-27)14-18(24)4-5-21-20(24)7-10-25(2)22(17-8-13-28-16-17)15-23-26(21,25)30-23/h8,13,16,18-23H,3-7,9-12,14-15,27H2,1-2H3/t18-,19+,20+,21-,22+,23-,24+,25-,26+/m1/s1. The van der Waals surface area contributed by atoms with E-state index in [-0.39, 0.29) is 11.0 Å². The summed E-state index contributed by atoms with van der Waals surface area (Å²) in [5.74, 6) is 2.99. The highest BCUT2D eigenvalue weighted by Crippen LogP contribution is 2.78. The highest BCUT2D eigenvalue weighted by molar-refractivity contribution is 5.35. The molecule has 30 heavy (non-hydrogen) atoms. The van der Waals surface area contributed by atoms with E-state index >= 15 is 0 Å². The highest BCUT2D eigenvalue weighted by atomic mass is 16.6. The zero-order valence-corrected chi connectivity index (χ0v) is 18.8. The van der Waals surface area contributed by atoms with Gasteiger partial charge < -0.3 is 19.6 Å². The molecule has 5 fully saturated rings. The van der Waals surface area contributed by atoms with Crippen molar-refractivity contribution in [2.24, 2.45) is 34.3 Å². The van der Waals surface area contributed by atoms with Crippen molar-refractivity contribution in [3.8, 4) is 0 Å². The van der Waals surface area contributed by atoms with Crippen LogP contribution < -0.4 is 5.73 Å². The molecule has 2 N–H and O–H groups in total. The number of rotatable bonds is 5. The first kappa shape index (κ1) is 19.8. The van der Waals surface area contributed by atoms with Gasteiger partial charge >= 0.3 is 0 Å². The zero-order valence-electron chi connectivity index (χ0n) is 18.8. The minimum atomic E-state index is 0.139. The smallest absolute Gasteiger partial charge is 0.104 e. The van der Waals surface area contributed by atoms with Crippen LogP contribution in [0.15, 0.2) is 23.0 Å². The number of hydrogen-bond acceptors (Lipinski definition) is 4. The molecule has 166 valence electrons. The Labute approximate surface area is 181 Å². The Kier molecular flexibility index (Phi) is 4.51. The van der Waals surface area contributed by atoms with Gasteiger partial charge in [0.1, 0.15) is 5.60 Å². The first-order chi connectivity index (χ1) is 14.5.